The van der Waals surface area contributed by atoms with Gasteiger partial charge in [-0.2, -0.15) is 0 Å². The lowest BCUT2D eigenvalue weighted by molar-refractivity contribution is 0.0728. The summed E-state index contributed by atoms with van der Waals surface area (Å²) in [5.74, 6) is 1.54. The van der Waals surface area contributed by atoms with Crippen molar-refractivity contribution in [3.05, 3.63) is 53.1 Å². The van der Waals surface area contributed by atoms with Crippen molar-refractivity contribution in [3.63, 3.8) is 0 Å². The third-order valence-corrected chi connectivity index (χ3v) is 6.36. The van der Waals surface area contributed by atoms with Crippen LogP contribution in [-0.2, 0) is 11.4 Å². The molecule has 7 heteroatoms. The molecule has 0 amide bonds. The highest BCUT2D eigenvalue weighted by Gasteiger charge is 2.27. The van der Waals surface area contributed by atoms with E-state index in [0.717, 1.165) is 31.2 Å². The molecular weight excluding hydrogens is 426 g/mol. The van der Waals surface area contributed by atoms with Gasteiger partial charge in [-0.15, -0.1) is 4.72 Å². The van der Waals surface area contributed by atoms with Gasteiger partial charge in [0.25, 0.3) is 0 Å². The standard InChI is InChI=1S/C25H35NO5S/c1-6-8-15-30-22-17-21(19(4)26-32(28)16-9-7-2)24(29-5)18(3)23(22)25(27)31-20-13-11-10-12-14-20/h10-14,17,19,26H,6-9,15-16H2,1-5H3/t19-,32-/m0/s1. The Bertz CT molecular complexity index is 859. The number of carbonyl (C=O) groups is 1. The van der Waals surface area contributed by atoms with Crippen LogP contribution in [0.2, 0.25) is 0 Å². The molecule has 32 heavy (non-hydrogen) atoms. The lowest BCUT2D eigenvalue weighted by atomic mass is 9.98. The van der Waals surface area contributed by atoms with Crippen molar-refractivity contribution in [1.82, 2.24) is 4.72 Å². The average molecular weight is 462 g/mol. The summed E-state index contributed by atoms with van der Waals surface area (Å²) in [7, 11) is 1.57. The Hall–Kier alpha value is -2.22. The molecule has 0 unspecified atom stereocenters. The van der Waals surface area contributed by atoms with E-state index in [2.05, 4.69) is 18.6 Å². The van der Waals surface area contributed by atoms with Crippen LogP contribution in [0.15, 0.2) is 36.4 Å². The van der Waals surface area contributed by atoms with E-state index in [-0.39, 0.29) is 6.04 Å². The quantitative estimate of drug-likeness (QED) is 0.183. The Labute approximate surface area is 195 Å². The molecular formula is C25H35NO5S. The summed E-state index contributed by atoms with van der Waals surface area (Å²) in [6.07, 6.45) is 3.71. The van der Waals surface area contributed by atoms with E-state index >= 15 is 0 Å². The second-order valence-electron chi connectivity index (χ2n) is 7.64. The third kappa shape index (κ3) is 7.15. The highest BCUT2D eigenvalue weighted by atomic mass is 32.2. The molecule has 176 valence electrons. The molecule has 2 atom stereocenters. The van der Waals surface area contributed by atoms with E-state index in [9.17, 15) is 9.35 Å². The number of esters is 1. The van der Waals surface area contributed by atoms with Crippen molar-refractivity contribution in [2.75, 3.05) is 19.5 Å². The molecule has 0 radical (unpaired) electrons. The molecule has 0 aliphatic heterocycles. The number of para-hydroxylation sites is 1. The summed E-state index contributed by atoms with van der Waals surface area (Å²) in [4.78, 5) is 13.1. The zero-order valence-electron chi connectivity index (χ0n) is 19.7. The van der Waals surface area contributed by atoms with E-state index in [1.807, 2.05) is 32.0 Å². The number of methoxy groups -OCH3 is 1. The smallest absolute Gasteiger partial charge is 0.347 e. The van der Waals surface area contributed by atoms with Gasteiger partial charge in [0, 0.05) is 22.5 Å². The van der Waals surface area contributed by atoms with Crippen LogP contribution < -0.4 is 18.9 Å². The Morgan fingerprint density at radius 2 is 1.84 bits per heavy atom. The summed E-state index contributed by atoms with van der Waals surface area (Å²) in [5, 5.41) is 0. The van der Waals surface area contributed by atoms with Gasteiger partial charge in [-0.3, -0.25) is 0 Å². The fraction of sp³-hybridized carbons (Fsp3) is 0.480. The van der Waals surface area contributed by atoms with E-state index in [1.54, 1.807) is 25.3 Å². The molecule has 0 saturated heterocycles. The second kappa shape index (κ2) is 13.4. The third-order valence-electron chi connectivity index (χ3n) is 5.09. The maximum absolute atomic E-state index is 13.1. The van der Waals surface area contributed by atoms with Gasteiger partial charge >= 0.3 is 5.97 Å². The van der Waals surface area contributed by atoms with Crippen LogP contribution >= 0.6 is 0 Å². The Morgan fingerprint density at radius 3 is 2.47 bits per heavy atom. The predicted octanol–water partition coefficient (Wildman–Crippen LogP) is 5.52. The number of hydrogen-bond donors (Lipinski definition) is 1. The summed E-state index contributed by atoms with van der Waals surface area (Å²) >= 11 is -1.16. The van der Waals surface area contributed by atoms with Crippen molar-refractivity contribution < 1.29 is 23.6 Å². The summed E-state index contributed by atoms with van der Waals surface area (Å²) < 4.78 is 32.8. The van der Waals surface area contributed by atoms with Crippen molar-refractivity contribution in [2.24, 2.45) is 0 Å². The average Bonchev–Trinajstić information content (AvgIpc) is 2.78. The molecule has 0 aliphatic rings. The monoisotopic (exact) mass is 461 g/mol. The van der Waals surface area contributed by atoms with Gasteiger partial charge in [-0.05, 0) is 44.9 Å². The molecule has 1 N–H and O–H groups in total. The van der Waals surface area contributed by atoms with Crippen LogP contribution in [0.1, 0.15) is 74.0 Å². The highest BCUT2D eigenvalue weighted by molar-refractivity contribution is 7.89. The maximum Gasteiger partial charge on any atom is 0.347 e. The fourth-order valence-corrected chi connectivity index (χ4v) is 4.51. The number of nitrogens with one attached hydrogen (secondary N) is 1. The largest absolute Gasteiger partial charge is 0.598 e. The van der Waals surface area contributed by atoms with Crippen molar-refractivity contribution in [1.29, 1.82) is 0 Å². The van der Waals surface area contributed by atoms with Crippen LogP contribution in [0.25, 0.3) is 0 Å². The summed E-state index contributed by atoms with van der Waals surface area (Å²) in [6.45, 7) is 8.38. The first-order chi connectivity index (χ1) is 15.4. The molecule has 2 aromatic carbocycles. The van der Waals surface area contributed by atoms with Gasteiger partial charge < -0.3 is 18.8 Å². The molecule has 2 aromatic rings. The molecule has 0 spiro atoms. The van der Waals surface area contributed by atoms with E-state index < -0.39 is 17.3 Å². The molecule has 6 nitrogen and oxygen atoms in total. The number of carbonyl (C=O) groups excluding carboxylic acids is 1. The molecule has 0 bridgehead atoms. The Kier molecular flexibility index (Phi) is 10.9. The minimum Gasteiger partial charge on any atom is -0.598 e. The topological polar surface area (TPSA) is 79.9 Å². The van der Waals surface area contributed by atoms with E-state index in [1.165, 1.54) is 0 Å². The number of ether oxygens (including phenoxy) is 3. The highest BCUT2D eigenvalue weighted by Crippen LogP contribution is 2.38. The zero-order valence-corrected chi connectivity index (χ0v) is 20.6. The van der Waals surface area contributed by atoms with Crippen LogP contribution in [0.5, 0.6) is 17.2 Å². The van der Waals surface area contributed by atoms with Gasteiger partial charge in [0.15, 0.2) is 0 Å². The molecule has 0 fully saturated rings. The molecule has 0 saturated carbocycles. The number of rotatable bonds is 13. The molecule has 0 aliphatic carbocycles. The first kappa shape index (κ1) is 26.0. The number of unbranched alkanes of at least 4 members (excludes halogenated alkanes) is 2. The minimum absolute atomic E-state index is 0.256. The van der Waals surface area contributed by atoms with Crippen molar-refractivity contribution in [2.45, 2.75) is 59.4 Å². The molecule has 0 heterocycles. The first-order valence-electron chi connectivity index (χ1n) is 11.2. The lowest BCUT2D eigenvalue weighted by Gasteiger charge is -2.23. The van der Waals surface area contributed by atoms with Gasteiger partial charge in [0.1, 0.15) is 28.6 Å². The molecule has 2 rings (SSSR count). The predicted molar refractivity (Wildman–Crippen MR) is 129 cm³/mol. The second-order valence-corrected chi connectivity index (χ2v) is 8.98. The van der Waals surface area contributed by atoms with Gasteiger partial charge in [-0.1, -0.05) is 44.9 Å². The SMILES string of the molecule is CCCCOc1cc([C@H](C)N[S@@+]([O-])CCCC)c(OC)c(C)c1C(=O)Oc1ccccc1. The Morgan fingerprint density at radius 1 is 1.16 bits per heavy atom. The lowest BCUT2D eigenvalue weighted by Crippen LogP contribution is -2.29. The van der Waals surface area contributed by atoms with Crippen LogP contribution in [0.4, 0.5) is 0 Å². The van der Waals surface area contributed by atoms with Gasteiger partial charge in [0.2, 0.25) is 0 Å². The van der Waals surface area contributed by atoms with Crippen LogP contribution in [0, 0.1) is 6.92 Å². The van der Waals surface area contributed by atoms with Crippen molar-refractivity contribution >= 4 is 17.3 Å². The molecule has 0 aromatic heterocycles. The number of benzene rings is 2. The van der Waals surface area contributed by atoms with Crippen LogP contribution in [-0.4, -0.2) is 30.0 Å². The van der Waals surface area contributed by atoms with E-state index in [4.69, 9.17) is 14.2 Å². The number of hydrogen-bond acceptors (Lipinski definition) is 6. The normalized spacial score (nSPS) is 12.8. The zero-order chi connectivity index (χ0) is 23.5. The Balaban J connectivity index is 2.42. The first-order valence-corrected chi connectivity index (χ1v) is 12.5. The van der Waals surface area contributed by atoms with Gasteiger partial charge in [-0.25, -0.2) is 4.79 Å². The summed E-state index contributed by atoms with van der Waals surface area (Å²) in [5.41, 5.74) is 1.76. The fourth-order valence-electron chi connectivity index (χ4n) is 3.32. The maximum atomic E-state index is 13.1. The van der Waals surface area contributed by atoms with Crippen molar-refractivity contribution in [3.8, 4) is 17.2 Å². The summed E-state index contributed by atoms with van der Waals surface area (Å²) in [6, 6.07) is 10.5. The van der Waals surface area contributed by atoms with Gasteiger partial charge in [0.05, 0.1) is 19.8 Å². The van der Waals surface area contributed by atoms with E-state index in [0.29, 0.717) is 40.7 Å². The minimum atomic E-state index is -1.16. The van der Waals surface area contributed by atoms with Crippen LogP contribution in [0.3, 0.4) is 0 Å².